The van der Waals surface area contributed by atoms with Gasteiger partial charge < -0.3 is 14.3 Å². The van der Waals surface area contributed by atoms with Crippen LogP contribution in [0.3, 0.4) is 0 Å². The van der Waals surface area contributed by atoms with Crippen LogP contribution in [-0.2, 0) is 30.4 Å². The molecule has 1 aromatic carbocycles. The molecule has 2 aliphatic rings. The van der Waals surface area contributed by atoms with Crippen LogP contribution >= 0.6 is 0 Å². The van der Waals surface area contributed by atoms with Crippen LogP contribution in [0.15, 0.2) is 6.07 Å². The van der Waals surface area contributed by atoms with Crippen LogP contribution in [-0.4, -0.2) is 46.0 Å². The molecule has 0 spiro atoms. The number of aryl methyl sites for hydroxylation is 1. The lowest BCUT2D eigenvalue weighted by Crippen LogP contribution is -2.42. The summed E-state index contributed by atoms with van der Waals surface area (Å²) in [7, 11) is -8.10. The van der Waals surface area contributed by atoms with E-state index in [4.69, 9.17) is 9.16 Å². The number of carbonyl (C=O) groups excluding carboxylic acids is 1. The first-order valence-electron chi connectivity index (χ1n) is 14.4. The Morgan fingerprint density at radius 2 is 1.77 bits per heavy atom. The molecule has 0 bridgehead atoms. The molecular weight excluding hydrogens is 563 g/mol. The molecule has 0 saturated heterocycles. The molecule has 0 radical (unpaired) electrons. The van der Waals surface area contributed by atoms with Gasteiger partial charge in [0.1, 0.15) is 11.9 Å². The van der Waals surface area contributed by atoms with Crippen molar-refractivity contribution in [1.82, 2.24) is 0 Å². The number of alkyl halides is 3. The third-order valence-corrected chi connectivity index (χ3v) is 15.2. The summed E-state index contributed by atoms with van der Waals surface area (Å²) in [5.74, 6) is -0.147. The number of anilines is 1. The zero-order valence-electron chi connectivity index (χ0n) is 24.6. The van der Waals surface area contributed by atoms with Crippen LogP contribution in [0, 0.1) is 24.7 Å². The van der Waals surface area contributed by atoms with Crippen molar-refractivity contribution in [2.45, 2.75) is 110 Å². The van der Waals surface area contributed by atoms with Gasteiger partial charge in [0.2, 0.25) is 0 Å². The Morgan fingerprint density at radius 1 is 1.18 bits per heavy atom. The number of benzene rings is 1. The predicted molar refractivity (Wildman–Crippen MR) is 151 cm³/mol. The average Bonchev–Trinajstić information content (AvgIpc) is 3.30. The van der Waals surface area contributed by atoms with Crippen LogP contribution in [0.25, 0.3) is 0 Å². The largest absolute Gasteiger partial charge is 0.516 e. The van der Waals surface area contributed by atoms with E-state index in [0.29, 0.717) is 11.8 Å². The van der Waals surface area contributed by atoms with Crippen molar-refractivity contribution in [3.8, 4) is 5.75 Å². The number of phenolic OH excluding ortho intramolecular Hbond substituents is 1. The Kier molecular flexibility index (Phi) is 9.99. The van der Waals surface area contributed by atoms with Gasteiger partial charge in [0.15, 0.2) is 14.4 Å². The monoisotopic (exact) mass is 607 g/mol. The van der Waals surface area contributed by atoms with Crippen LogP contribution in [0.2, 0.25) is 18.1 Å². The molecule has 0 amide bonds. The van der Waals surface area contributed by atoms with Gasteiger partial charge in [-0.25, -0.2) is 4.79 Å². The van der Waals surface area contributed by atoms with E-state index in [1.165, 1.54) is 6.07 Å². The maximum Gasteiger partial charge on any atom is 0.516 e. The van der Waals surface area contributed by atoms with Gasteiger partial charge in [0.05, 0.1) is 5.69 Å². The van der Waals surface area contributed by atoms with Crippen LogP contribution in [0.4, 0.5) is 18.9 Å². The Morgan fingerprint density at radius 3 is 2.30 bits per heavy atom. The molecule has 228 valence electrons. The molecule has 0 aromatic heterocycles. The maximum absolute atomic E-state index is 14.0. The molecular formula is C28H44F3NO6SSi. The van der Waals surface area contributed by atoms with E-state index < -0.39 is 48.2 Å². The summed E-state index contributed by atoms with van der Waals surface area (Å²) in [6, 6.07) is 3.47. The number of phenols is 1. The van der Waals surface area contributed by atoms with Crippen molar-refractivity contribution in [2.75, 3.05) is 10.8 Å². The normalized spacial score (nSPS) is 22.9. The van der Waals surface area contributed by atoms with Crippen LogP contribution in [0.5, 0.6) is 5.75 Å². The molecule has 1 saturated carbocycles. The van der Waals surface area contributed by atoms with Gasteiger partial charge in [0.25, 0.3) is 0 Å². The zero-order valence-corrected chi connectivity index (χ0v) is 26.4. The van der Waals surface area contributed by atoms with Gasteiger partial charge in [-0.1, -0.05) is 48.0 Å². The summed E-state index contributed by atoms with van der Waals surface area (Å²) in [4.78, 5) is 14.0. The van der Waals surface area contributed by atoms with Gasteiger partial charge >= 0.3 is 21.5 Å². The first-order valence-corrected chi connectivity index (χ1v) is 18.3. The first kappa shape index (κ1) is 32.7. The molecule has 4 atom stereocenters. The molecule has 1 unspecified atom stereocenters. The molecule has 1 aromatic rings. The summed E-state index contributed by atoms with van der Waals surface area (Å²) < 4.78 is 77.7. The van der Waals surface area contributed by atoms with Crippen molar-refractivity contribution in [2.24, 2.45) is 17.8 Å². The third kappa shape index (κ3) is 6.18. The van der Waals surface area contributed by atoms with Gasteiger partial charge in [-0.2, -0.15) is 21.6 Å². The number of rotatable bonds is 10. The van der Waals surface area contributed by atoms with E-state index in [1.807, 2.05) is 20.8 Å². The number of hydrogen-bond acceptors (Lipinski definition) is 6. The fourth-order valence-corrected chi connectivity index (χ4v) is 10.0. The number of esters is 1. The second-order valence-corrected chi connectivity index (χ2v) is 18.3. The number of hydrogen-bond donors (Lipinski definition) is 1. The standard InChI is InChI=1S/C28H44F3NO6SSi/c1-8-40(9-2,10-3)38-26(27(34)37-23-15-18(6)11-12-20(23)17(4)5)24-19(7)16-22-21(25(24)33)13-14-32(22)39(35,36)28(29,30)31/h16-18,20,23,26,33H,8-15H2,1-7H3/t18-,20+,23-,26?/m1/s1. The van der Waals surface area contributed by atoms with Crippen molar-refractivity contribution >= 4 is 30.0 Å². The Hall–Kier alpha value is -1.79. The lowest BCUT2D eigenvalue weighted by atomic mass is 9.75. The SMILES string of the molecule is CC[Si](CC)(CC)OC(C(=O)O[C@@H]1C[C@H](C)CC[C@H]1C(C)C)c1c(C)cc2c(c1O)CCN2S(=O)(=O)C(F)(F)F. The van der Waals surface area contributed by atoms with E-state index >= 15 is 0 Å². The smallest absolute Gasteiger partial charge is 0.507 e. The molecule has 1 fully saturated rings. The molecule has 7 nitrogen and oxygen atoms in total. The average molecular weight is 608 g/mol. The molecule has 1 heterocycles. The van der Waals surface area contributed by atoms with Crippen molar-refractivity contribution in [1.29, 1.82) is 0 Å². The number of carbonyl (C=O) groups is 1. The Bertz CT molecular complexity index is 1180. The number of halogens is 3. The highest BCUT2D eigenvalue weighted by molar-refractivity contribution is 7.93. The second kappa shape index (κ2) is 12.2. The minimum atomic E-state index is -5.65. The predicted octanol–water partition coefficient (Wildman–Crippen LogP) is 6.98. The second-order valence-electron chi connectivity index (χ2n) is 11.8. The summed E-state index contributed by atoms with van der Waals surface area (Å²) in [6.07, 6.45) is 1.00. The molecule has 1 N–H and O–H groups in total. The van der Waals surface area contributed by atoms with E-state index in [1.54, 1.807) is 6.92 Å². The van der Waals surface area contributed by atoms with Crippen molar-refractivity contribution in [3.63, 3.8) is 0 Å². The molecule has 1 aliphatic heterocycles. The van der Waals surface area contributed by atoms with Gasteiger partial charge in [-0.05, 0) is 73.7 Å². The third-order valence-electron chi connectivity index (χ3n) is 9.05. The summed E-state index contributed by atoms with van der Waals surface area (Å²) in [5.41, 5.74) is -5.24. The highest BCUT2D eigenvalue weighted by Crippen LogP contribution is 2.47. The van der Waals surface area contributed by atoms with E-state index in [2.05, 4.69) is 20.8 Å². The fraction of sp³-hybridized carbons (Fsp3) is 0.750. The maximum atomic E-state index is 14.0. The molecule has 40 heavy (non-hydrogen) atoms. The Labute approximate surface area is 237 Å². The van der Waals surface area contributed by atoms with E-state index in [-0.39, 0.29) is 45.1 Å². The van der Waals surface area contributed by atoms with Crippen molar-refractivity contribution in [3.05, 3.63) is 22.8 Å². The number of fused-ring (bicyclic) bond motifs is 1. The summed E-state index contributed by atoms with van der Waals surface area (Å²) >= 11 is 0. The molecule has 1 aliphatic carbocycles. The number of nitrogens with zero attached hydrogens (tertiary/aromatic N) is 1. The zero-order chi connectivity index (χ0) is 30.2. The van der Waals surface area contributed by atoms with Crippen LogP contribution < -0.4 is 4.31 Å². The van der Waals surface area contributed by atoms with Crippen LogP contribution in [0.1, 0.15) is 83.6 Å². The van der Waals surface area contributed by atoms with Gasteiger partial charge in [0, 0.05) is 17.7 Å². The summed E-state index contributed by atoms with van der Waals surface area (Å²) in [6.45, 7) is 13.5. The minimum absolute atomic E-state index is 0.0536. The number of ether oxygens (including phenoxy) is 1. The fourth-order valence-electron chi connectivity index (χ4n) is 6.29. The lowest BCUT2D eigenvalue weighted by Gasteiger charge is -2.39. The highest BCUT2D eigenvalue weighted by atomic mass is 32.2. The quantitative estimate of drug-likeness (QED) is 0.228. The summed E-state index contributed by atoms with van der Waals surface area (Å²) in [5, 5.41) is 11.4. The van der Waals surface area contributed by atoms with Gasteiger partial charge in [-0.3, -0.25) is 4.31 Å². The molecule has 3 rings (SSSR count). The van der Waals surface area contributed by atoms with Crippen molar-refractivity contribution < 1.29 is 40.7 Å². The number of aromatic hydroxyl groups is 1. The van der Waals surface area contributed by atoms with Gasteiger partial charge in [-0.15, -0.1) is 0 Å². The van der Waals surface area contributed by atoms with E-state index in [0.717, 1.165) is 37.4 Å². The first-order chi connectivity index (χ1) is 18.5. The number of sulfonamides is 1. The topological polar surface area (TPSA) is 93.1 Å². The molecule has 12 heteroatoms. The Balaban J connectivity index is 2.10. The highest BCUT2D eigenvalue weighted by Gasteiger charge is 2.52. The minimum Gasteiger partial charge on any atom is -0.507 e. The lowest BCUT2D eigenvalue weighted by molar-refractivity contribution is -0.165. The van der Waals surface area contributed by atoms with E-state index in [9.17, 15) is 31.5 Å².